The third-order valence-corrected chi connectivity index (χ3v) is 1.58. The van der Waals surface area contributed by atoms with Gasteiger partial charge in [-0.25, -0.2) is 0 Å². The van der Waals surface area contributed by atoms with E-state index in [2.05, 4.69) is 26.5 Å². The van der Waals surface area contributed by atoms with Gasteiger partial charge in [0.1, 0.15) is 4.32 Å². The molecule has 1 radical (unpaired) electrons. The average molecular weight is 354 g/mol. The van der Waals surface area contributed by atoms with Crippen molar-refractivity contribution >= 4 is 29.2 Å². The molecule has 10 heavy (non-hydrogen) atoms. The zero-order valence-electron chi connectivity index (χ0n) is 6.50. The number of rotatable bonds is 2. The van der Waals surface area contributed by atoms with E-state index in [9.17, 15) is 0 Å². The third kappa shape index (κ3) is 8.16. The Bertz CT molecular complexity index is 87.7. The van der Waals surface area contributed by atoms with Crippen molar-refractivity contribution in [2.24, 2.45) is 0 Å². The fourth-order valence-corrected chi connectivity index (χ4v) is 1.04. The first-order valence-corrected chi connectivity index (χ1v) is 3.55. The minimum absolute atomic E-state index is 0. The topological polar surface area (TPSA) is 3.24 Å². The van der Waals surface area contributed by atoms with Crippen LogP contribution in [0.3, 0.4) is 0 Å². The second kappa shape index (κ2) is 11.1. The standard InChI is InChI=1S/C5H11NS2.La.Zn/c1-3-6(4-2)5(7)8;;/h3-4H2,1-2H3,(H,7,8);;. The number of thiocarbonyl (C=S) groups is 1. The monoisotopic (exact) mass is 352 g/mol. The predicted octanol–water partition coefficient (Wildman–Crippen LogP) is 1.54. The summed E-state index contributed by atoms with van der Waals surface area (Å²) in [4.78, 5) is 2.01. The SMILES string of the molecule is CCN(CC)C(=S)S.[La].[Zn]. The summed E-state index contributed by atoms with van der Waals surface area (Å²) in [6.07, 6.45) is 0. The first-order valence-electron chi connectivity index (χ1n) is 2.70. The van der Waals surface area contributed by atoms with Gasteiger partial charge in [-0.05, 0) is 13.8 Å². The van der Waals surface area contributed by atoms with Crippen LogP contribution in [0.15, 0.2) is 0 Å². The Morgan fingerprint density at radius 1 is 1.40 bits per heavy atom. The van der Waals surface area contributed by atoms with Crippen LogP contribution in [0.1, 0.15) is 13.8 Å². The molecule has 0 aromatic rings. The third-order valence-electron chi connectivity index (χ3n) is 1.03. The zero-order chi connectivity index (χ0) is 6.57. The van der Waals surface area contributed by atoms with Gasteiger partial charge in [0.25, 0.3) is 0 Å². The minimum Gasteiger partial charge on any atom is -0.358 e. The van der Waals surface area contributed by atoms with E-state index in [1.165, 1.54) is 0 Å². The maximum atomic E-state index is 4.81. The second-order valence-corrected chi connectivity index (χ2v) is 2.57. The molecule has 0 aliphatic heterocycles. The number of thiol groups is 1. The van der Waals surface area contributed by atoms with E-state index >= 15 is 0 Å². The van der Waals surface area contributed by atoms with E-state index in [1.807, 2.05) is 4.90 Å². The Morgan fingerprint density at radius 3 is 1.70 bits per heavy atom. The molecule has 5 heteroatoms. The summed E-state index contributed by atoms with van der Waals surface area (Å²) in [5.41, 5.74) is 0. The molecule has 0 atom stereocenters. The normalized spacial score (nSPS) is 7.10. The molecule has 0 unspecified atom stereocenters. The summed E-state index contributed by atoms with van der Waals surface area (Å²) in [6, 6.07) is 0. The molecule has 0 amide bonds. The summed E-state index contributed by atoms with van der Waals surface area (Å²) >= 11 is 8.82. The van der Waals surface area contributed by atoms with Gasteiger partial charge in [0.2, 0.25) is 0 Å². The van der Waals surface area contributed by atoms with Crippen LogP contribution in [0, 0.1) is 35.6 Å². The van der Waals surface area contributed by atoms with Crippen LogP contribution >= 0.6 is 24.8 Å². The molecule has 0 heterocycles. The smallest absolute Gasteiger partial charge is 0.133 e. The Kier molecular flexibility index (Phi) is 19.9. The van der Waals surface area contributed by atoms with Gasteiger partial charge < -0.3 is 4.90 Å². The van der Waals surface area contributed by atoms with Crippen LogP contribution in [0.2, 0.25) is 0 Å². The van der Waals surface area contributed by atoms with Gasteiger partial charge in [-0.15, -0.1) is 12.6 Å². The van der Waals surface area contributed by atoms with Gasteiger partial charge in [-0.1, -0.05) is 12.2 Å². The second-order valence-electron chi connectivity index (χ2n) is 1.45. The summed E-state index contributed by atoms with van der Waals surface area (Å²) in [5.74, 6) is 0. The summed E-state index contributed by atoms with van der Waals surface area (Å²) in [6.45, 7) is 6.04. The van der Waals surface area contributed by atoms with Crippen LogP contribution in [0.4, 0.5) is 0 Å². The molecule has 0 aromatic heterocycles. The van der Waals surface area contributed by atoms with E-state index in [0.29, 0.717) is 4.32 Å². The van der Waals surface area contributed by atoms with Gasteiger partial charge in [-0.3, -0.25) is 0 Å². The maximum Gasteiger partial charge on any atom is 0.133 e. The molecule has 0 aliphatic rings. The molecule has 0 rings (SSSR count). The summed E-state index contributed by atoms with van der Waals surface area (Å²) < 4.78 is 0.690. The minimum atomic E-state index is 0. The zero-order valence-corrected chi connectivity index (χ0v) is 14.8. The predicted molar refractivity (Wildman–Crippen MR) is 44.5 cm³/mol. The van der Waals surface area contributed by atoms with Crippen molar-refractivity contribution in [3.8, 4) is 0 Å². The van der Waals surface area contributed by atoms with Crippen molar-refractivity contribution in [3.63, 3.8) is 0 Å². The summed E-state index contributed by atoms with van der Waals surface area (Å²) in [5, 5.41) is 0. The van der Waals surface area contributed by atoms with E-state index in [-0.39, 0.29) is 55.1 Å². The number of hydrogen-bond donors (Lipinski definition) is 1. The van der Waals surface area contributed by atoms with Crippen molar-refractivity contribution in [2.45, 2.75) is 13.8 Å². The van der Waals surface area contributed by atoms with Crippen molar-refractivity contribution in [1.29, 1.82) is 0 Å². The van der Waals surface area contributed by atoms with Crippen molar-refractivity contribution in [3.05, 3.63) is 0 Å². The molecule has 1 nitrogen and oxygen atoms in total. The molecule has 0 aliphatic carbocycles. The van der Waals surface area contributed by atoms with Crippen molar-refractivity contribution in [2.75, 3.05) is 13.1 Å². The number of nitrogens with zero attached hydrogens (tertiary/aromatic N) is 1. The van der Waals surface area contributed by atoms with Crippen molar-refractivity contribution in [1.82, 2.24) is 4.90 Å². The Hall–Kier alpha value is 2.06. The van der Waals surface area contributed by atoms with Crippen LogP contribution in [0.5, 0.6) is 0 Å². The molecule has 0 fully saturated rings. The van der Waals surface area contributed by atoms with Gasteiger partial charge in [0.15, 0.2) is 0 Å². The largest absolute Gasteiger partial charge is 0.358 e. The summed E-state index contributed by atoms with van der Waals surface area (Å²) in [7, 11) is 0. The first-order chi connectivity index (χ1) is 3.72. The first kappa shape index (κ1) is 18.0. The van der Waals surface area contributed by atoms with Gasteiger partial charge >= 0.3 is 0 Å². The Morgan fingerprint density at radius 2 is 1.70 bits per heavy atom. The van der Waals surface area contributed by atoms with Crippen LogP contribution in [0.25, 0.3) is 0 Å². The van der Waals surface area contributed by atoms with Crippen LogP contribution in [-0.2, 0) is 19.5 Å². The van der Waals surface area contributed by atoms with Crippen LogP contribution in [-0.4, -0.2) is 22.3 Å². The molecule has 53 valence electrons. The molecule has 0 spiro atoms. The quantitative estimate of drug-likeness (QED) is 0.456. The van der Waals surface area contributed by atoms with E-state index < -0.39 is 0 Å². The van der Waals surface area contributed by atoms with Crippen molar-refractivity contribution < 1.29 is 55.1 Å². The molecular formula is C5H11LaNS2Zn. The number of hydrogen-bond acceptors (Lipinski definition) is 1. The van der Waals surface area contributed by atoms with E-state index in [1.54, 1.807) is 0 Å². The van der Waals surface area contributed by atoms with Gasteiger partial charge in [0, 0.05) is 68.2 Å². The molecule has 0 saturated heterocycles. The van der Waals surface area contributed by atoms with Crippen LogP contribution < -0.4 is 0 Å². The fourth-order valence-electron chi connectivity index (χ4n) is 0.494. The molecule has 0 saturated carbocycles. The molecular weight excluding hydrogens is 342 g/mol. The Balaban J connectivity index is -0.000000245. The van der Waals surface area contributed by atoms with E-state index in [0.717, 1.165) is 13.1 Å². The Labute approximate surface area is 114 Å². The van der Waals surface area contributed by atoms with Gasteiger partial charge in [-0.2, -0.15) is 0 Å². The molecule has 0 bridgehead atoms. The molecule has 0 aromatic carbocycles. The molecule has 0 N–H and O–H groups in total. The van der Waals surface area contributed by atoms with Gasteiger partial charge in [0.05, 0.1) is 0 Å². The maximum absolute atomic E-state index is 4.81. The van der Waals surface area contributed by atoms with E-state index in [4.69, 9.17) is 12.2 Å². The fraction of sp³-hybridized carbons (Fsp3) is 0.800. The average Bonchev–Trinajstić information content (AvgIpc) is 1.69.